The van der Waals surface area contributed by atoms with Crippen LogP contribution >= 0.6 is 11.3 Å². The van der Waals surface area contributed by atoms with Crippen LogP contribution in [0.1, 0.15) is 30.5 Å². The van der Waals surface area contributed by atoms with Gasteiger partial charge in [-0.25, -0.2) is 14.6 Å². The van der Waals surface area contributed by atoms with E-state index in [0.717, 1.165) is 35.0 Å². The highest BCUT2D eigenvalue weighted by molar-refractivity contribution is 7.09. The average Bonchev–Trinajstić information content (AvgIpc) is 3.11. The van der Waals surface area contributed by atoms with E-state index in [4.69, 9.17) is 5.73 Å². The molecule has 0 bridgehead atoms. The van der Waals surface area contributed by atoms with Gasteiger partial charge in [0.15, 0.2) is 5.65 Å². The summed E-state index contributed by atoms with van der Waals surface area (Å²) in [6.45, 7) is 7.77. The summed E-state index contributed by atoms with van der Waals surface area (Å²) >= 11 is 1.67. The molecule has 0 fully saturated rings. The lowest BCUT2D eigenvalue weighted by molar-refractivity contribution is 0.583. The summed E-state index contributed by atoms with van der Waals surface area (Å²) in [7, 11) is 0. The van der Waals surface area contributed by atoms with E-state index in [1.807, 2.05) is 27.7 Å². The van der Waals surface area contributed by atoms with Gasteiger partial charge >= 0.3 is 0 Å². The van der Waals surface area contributed by atoms with Gasteiger partial charge in [0.2, 0.25) is 5.95 Å². The Labute approximate surface area is 121 Å². The Bertz CT molecular complexity index is 724. The van der Waals surface area contributed by atoms with Crippen LogP contribution in [0.3, 0.4) is 0 Å². The molecule has 3 aromatic rings. The van der Waals surface area contributed by atoms with E-state index >= 15 is 0 Å². The van der Waals surface area contributed by atoms with Crippen LogP contribution < -0.4 is 5.73 Å². The zero-order valence-corrected chi connectivity index (χ0v) is 12.7. The van der Waals surface area contributed by atoms with E-state index in [2.05, 4.69) is 28.9 Å². The number of anilines is 1. The van der Waals surface area contributed by atoms with Gasteiger partial charge in [-0.15, -0.1) is 11.3 Å². The van der Waals surface area contributed by atoms with Gasteiger partial charge in [0, 0.05) is 30.6 Å². The van der Waals surface area contributed by atoms with E-state index in [9.17, 15) is 0 Å². The first-order chi connectivity index (χ1) is 9.61. The predicted molar refractivity (Wildman–Crippen MR) is 80.9 cm³/mol. The van der Waals surface area contributed by atoms with E-state index < -0.39 is 0 Å². The van der Waals surface area contributed by atoms with Crippen LogP contribution in [0.15, 0.2) is 11.6 Å². The lowest BCUT2D eigenvalue weighted by Crippen LogP contribution is -2.12. The summed E-state index contributed by atoms with van der Waals surface area (Å²) in [5.41, 5.74) is 8.92. The van der Waals surface area contributed by atoms with Crippen molar-refractivity contribution in [2.75, 3.05) is 5.73 Å². The van der Waals surface area contributed by atoms with Crippen molar-refractivity contribution in [1.82, 2.24) is 24.3 Å². The number of nitrogens with zero attached hydrogens (tertiary/aromatic N) is 5. The number of nitrogen functional groups attached to an aromatic ring is 1. The Hall–Kier alpha value is -1.89. The molecule has 0 amide bonds. The second-order valence-electron chi connectivity index (χ2n) is 4.93. The van der Waals surface area contributed by atoms with Crippen molar-refractivity contribution >= 4 is 28.4 Å². The smallest absolute Gasteiger partial charge is 0.202 e. The predicted octanol–water partition coefficient (Wildman–Crippen LogP) is 2.40. The Balaban J connectivity index is 2.04. The summed E-state index contributed by atoms with van der Waals surface area (Å²) in [6, 6.07) is 0. The van der Waals surface area contributed by atoms with E-state index in [-0.39, 0.29) is 0 Å². The molecule has 0 saturated carbocycles. The topological polar surface area (TPSA) is 74.6 Å². The SMILES string of the molecule is CCn1nc(C)c2nc(N)n(CC(C)c3nccs3)c21. The van der Waals surface area contributed by atoms with Gasteiger partial charge in [-0.2, -0.15) is 5.10 Å². The first-order valence-electron chi connectivity index (χ1n) is 6.70. The summed E-state index contributed by atoms with van der Waals surface area (Å²) in [4.78, 5) is 8.83. The summed E-state index contributed by atoms with van der Waals surface area (Å²) in [5, 5.41) is 7.62. The van der Waals surface area contributed by atoms with Crippen molar-refractivity contribution in [1.29, 1.82) is 0 Å². The highest BCUT2D eigenvalue weighted by Crippen LogP contribution is 2.26. The van der Waals surface area contributed by atoms with Crippen molar-refractivity contribution in [3.05, 3.63) is 22.3 Å². The van der Waals surface area contributed by atoms with E-state index in [1.165, 1.54) is 0 Å². The third-order valence-corrected chi connectivity index (χ3v) is 4.46. The van der Waals surface area contributed by atoms with Gasteiger partial charge in [-0.05, 0) is 13.8 Å². The van der Waals surface area contributed by atoms with Crippen LogP contribution in [0.4, 0.5) is 5.95 Å². The third kappa shape index (κ3) is 1.98. The van der Waals surface area contributed by atoms with Gasteiger partial charge in [0.1, 0.15) is 5.52 Å². The molecular formula is C13H18N6S. The zero-order valence-electron chi connectivity index (χ0n) is 11.9. The number of fused-ring (bicyclic) bond motifs is 1. The first kappa shape index (κ1) is 13.1. The van der Waals surface area contributed by atoms with E-state index in [0.29, 0.717) is 11.9 Å². The highest BCUT2D eigenvalue weighted by atomic mass is 32.1. The monoisotopic (exact) mass is 290 g/mol. The van der Waals surface area contributed by atoms with Gasteiger partial charge in [0.25, 0.3) is 0 Å². The zero-order chi connectivity index (χ0) is 14.3. The van der Waals surface area contributed by atoms with Crippen molar-refractivity contribution in [3.8, 4) is 0 Å². The number of aryl methyl sites for hydroxylation is 2. The lowest BCUT2D eigenvalue weighted by atomic mass is 10.2. The molecule has 0 aliphatic carbocycles. The Morgan fingerprint density at radius 3 is 2.90 bits per heavy atom. The summed E-state index contributed by atoms with van der Waals surface area (Å²) in [6.07, 6.45) is 1.84. The van der Waals surface area contributed by atoms with Crippen molar-refractivity contribution in [2.45, 2.75) is 39.8 Å². The fourth-order valence-electron chi connectivity index (χ4n) is 2.47. The molecule has 7 heteroatoms. The first-order valence-corrected chi connectivity index (χ1v) is 7.58. The summed E-state index contributed by atoms with van der Waals surface area (Å²) in [5.74, 6) is 0.848. The molecule has 1 unspecified atom stereocenters. The van der Waals surface area contributed by atoms with Gasteiger partial charge < -0.3 is 5.73 Å². The van der Waals surface area contributed by atoms with Gasteiger partial charge in [-0.1, -0.05) is 6.92 Å². The molecule has 0 radical (unpaired) electrons. The molecule has 0 saturated heterocycles. The van der Waals surface area contributed by atoms with Crippen LogP contribution in [0.2, 0.25) is 0 Å². The minimum absolute atomic E-state index is 0.301. The fraction of sp³-hybridized carbons (Fsp3) is 0.462. The van der Waals surface area contributed by atoms with Gasteiger partial charge in [-0.3, -0.25) is 4.57 Å². The normalized spacial score (nSPS) is 13.2. The molecule has 3 heterocycles. The quantitative estimate of drug-likeness (QED) is 0.800. The van der Waals surface area contributed by atoms with Crippen LogP contribution in [0.25, 0.3) is 11.2 Å². The molecule has 6 nitrogen and oxygen atoms in total. The van der Waals surface area contributed by atoms with Crippen molar-refractivity contribution in [3.63, 3.8) is 0 Å². The molecule has 0 aliphatic rings. The van der Waals surface area contributed by atoms with Gasteiger partial charge in [0.05, 0.1) is 10.7 Å². The maximum absolute atomic E-state index is 6.09. The van der Waals surface area contributed by atoms with E-state index in [1.54, 1.807) is 11.3 Å². The van der Waals surface area contributed by atoms with Crippen molar-refractivity contribution in [2.24, 2.45) is 0 Å². The third-order valence-electron chi connectivity index (χ3n) is 3.46. The molecular weight excluding hydrogens is 272 g/mol. The van der Waals surface area contributed by atoms with Crippen molar-refractivity contribution < 1.29 is 0 Å². The van der Waals surface area contributed by atoms with Crippen LogP contribution in [-0.4, -0.2) is 24.3 Å². The molecule has 0 aromatic carbocycles. The number of hydrogen-bond acceptors (Lipinski definition) is 5. The molecule has 106 valence electrons. The number of imidazole rings is 1. The second kappa shape index (κ2) is 4.90. The lowest BCUT2D eigenvalue weighted by Gasteiger charge is -2.12. The Morgan fingerprint density at radius 1 is 1.45 bits per heavy atom. The molecule has 2 N–H and O–H groups in total. The number of nitrogens with two attached hydrogens (primary N) is 1. The highest BCUT2D eigenvalue weighted by Gasteiger charge is 2.19. The largest absolute Gasteiger partial charge is 0.369 e. The molecule has 20 heavy (non-hydrogen) atoms. The number of aromatic nitrogens is 5. The standard InChI is InChI=1S/C13H18N6S/c1-4-19-12-10(9(3)17-19)16-13(14)18(12)7-8(2)11-15-5-6-20-11/h5-6,8H,4,7H2,1-3H3,(H2,14,16). The second-order valence-corrected chi connectivity index (χ2v) is 5.85. The maximum Gasteiger partial charge on any atom is 0.202 e. The minimum atomic E-state index is 0.301. The number of rotatable bonds is 4. The Kier molecular flexibility index (Phi) is 3.21. The van der Waals surface area contributed by atoms with Crippen LogP contribution in [0.5, 0.6) is 0 Å². The maximum atomic E-state index is 6.09. The molecule has 3 rings (SSSR count). The van der Waals surface area contributed by atoms with Crippen LogP contribution in [-0.2, 0) is 13.1 Å². The average molecular weight is 290 g/mol. The number of thiazole rings is 1. The molecule has 0 spiro atoms. The minimum Gasteiger partial charge on any atom is -0.369 e. The Morgan fingerprint density at radius 2 is 2.25 bits per heavy atom. The number of hydrogen-bond donors (Lipinski definition) is 1. The summed E-state index contributed by atoms with van der Waals surface area (Å²) < 4.78 is 4.01. The fourth-order valence-corrected chi connectivity index (χ4v) is 3.16. The molecule has 0 aliphatic heterocycles. The molecule has 1 atom stereocenters. The van der Waals surface area contributed by atoms with Crippen LogP contribution in [0, 0.1) is 6.92 Å². The molecule has 3 aromatic heterocycles.